The zero-order chi connectivity index (χ0) is 10.8. The molecule has 0 spiro atoms. The highest BCUT2D eigenvalue weighted by Gasteiger charge is 2.10. The summed E-state index contributed by atoms with van der Waals surface area (Å²) >= 11 is 0. The van der Waals surface area contributed by atoms with Crippen LogP contribution in [-0.4, -0.2) is 25.7 Å². The first-order chi connectivity index (χ1) is 7.18. The lowest BCUT2D eigenvalue weighted by Gasteiger charge is -2.03. The SMILES string of the molecule is Cc1cc(-n2nccc2C(N)=O)ncn1. The molecule has 2 aromatic rings. The quantitative estimate of drug-likeness (QED) is 0.748. The molecule has 2 N–H and O–H groups in total. The molecule has 0 saturated heterocycles. The lowest BCUT2D eigenvalue weighted by molar-refractivity contribution is 0.0992. The second-order valence-corrected chi connectivity index (χ2v) is 3.01. The van der Waals surface area contributed by atoms with E-state index in [-0.39, 0.29) is 0 Å². The Hall–Kier alpha value is -2.24. The largest absolute Gasteiger partial charge is 0.364 e. The summed E-state index contributed by atoms with van der Waals surface area (Å²) in [5.41, 5.74) is 6.29. The fraction of sp³-hybridized carbons (Fsp3) is 0.111. The fourth-order valence-corrected chi connectivity index (χ4v) is 1.23. The number of amides is 1. The molecule has 0 aliphatic carbocycles. The number of primary amides is 1. The van der Waals surface area contributed by atoms with Crippen molar-refractivity contribution in [2.75, 3.05) is 0 Å². The molecule has 1 amide bonds. The summed E-state index contributed by atoms with van der Waals surface area (Å²) in [6.07, 6.45) is 2.91. The molecule has 0 aliphatic heterocycles. The Morgan fingerprint density at radius 3 is 2.93 bits per heavy atom. The zero-order valence-electron chi connectivity index (χ0n) is 8.08. The van der Waals surface area contributed by atoms with Gasteiger partial charge in [-0.2, -0.15) is 5.10 Å². The highest BCUT2D eigenvalue weighted by Crippen LogP contribution is 2.07. The van der Waals surface area contributed by atoms with Crippen molar-refractivity contribution < 1.29 is 4.79 Å². The fourth-order valence-electron chi connectivity index (χ4n) is 1.23. The van der Waals surface area contributed by atoms with Gasteiger partial charge in [0.15, 0.2) is 5.82 Å². The molecule has 6 nitrogen and oxygen atoms in total. The summed E-state index contributed by atoms with van der Waals surface area (Å²) in [6.45, 7) is 1.83. The molecule has 0 atom stereocenters. The van der Waals surface area contributed by atoms with Crippen LogP contribution in [0.3, 0.4) is 0 Å². The van der Waals surface area contributed by atoms with Gasteiger partial charge in [-0.15, -0.1) is 0 Å². The maximum absolute atomic E-state index is 11.1. The van der Waals surface area contributed by atoms with Gasteiger partial charge in [-0.05, 0) is 13.0 Å². The van der Waals surface area contributed by atoms with E-state index in [9.17, 15) is 4.79 Å². The lowest BCUT2D eigenvalue weighted by atomic mass is 10.4. The van der Waals surface area contributed by atoms with Gasteiger partial charge in [-0.1, -0.05) is 0 Å². The van der Waals surface area contributed by atoms with Gasteiger partial charge in [-0.3, -0.25) is 4.79 Å². The van der Waals surface area contributed by atoms with Crippen LogP contribution in [0.1, 0.15) is 16.2 Å². The highest BCUT2D eigenvalue weighted by atomic mass is 16.1. The third kappa shape index (κ3) is 1.69. The maximum atomic E-state index is 11.1. The molecule has 0 aromatic carbocycles. The summed E-state index contributed by atoms with van der Waals surface area (Å²) < 4.78 is 1.39. The van der Waals surface area contributed by atoms with Crippen molar-refractivity contribution >= 4 is 5.91 Å². The number of nitrogens with two attached hydrogens (primary N) is 1. The van der Waals surface area contributed by atoms with E-state index in [1.807, 2.05) is 6.92 Å². The van der Waals surface area contributed by atoms with E-state index in [0.29, 0.717) is 11.5 Å². The first kappa shape index (κ1) is 9.32. The van der Waals surface area contributed by atoms with Crippen molar-refractivity contribution in [2.24, 2.45) is 5.73 Å². The van der Waals surface area contributed by atoms with Crippen LogP contribution in [0.2, 0.25) is 0 Å². The molecule has 0 unspecified atom stereocenters. The lowest BCUT2D eigenvalue weighted by Crippen LogP contribution is -2.17. The summed E-state index contributed by atoms with van der Waals surface area (Å²) in [6, 6.07) is 3.26. The normalized spacial score (nSPS) is 10.2. The van der Waals surface area contributed by atoms with Crippen molar-refractivity contribution in [2.45, 2.75) is 6.92 Å². The first-order valence-corrected chi connectivity index (χ1v) is 4.31. The highest BCUT2D eigenvalue weighted by molar-refractivity contribution is 5.91. The van der Waals surface area contributed by atoms with Crippen LogP contribution in [0, 0.1) is 6.92 Å². The molecule has 0 radical (unpaired) electrons. The Bertz CT molecular complexity index is 505. The molecule has 0 aliphatic rings. The van der Waals surface area contributed by atoms with E-state index in [0.717, 1.165) is 5.69 Å². The summed E-state index contributed by atoms with van der Waals surface area (Å²) in [5, 5.41) is 3.97. The van der Waals surface area contributed by atoms with Crippen LogP contribution in [-0.2, 0) is 0 Å². The van der Waals surface area contributed by atoms with Gasteiger partial charge in [0.05, 0.1) is 6.20 Å². The predicted molar refractivity (Wildman–Crippen MR) is 52.4 cm³/mol. The molecule has 15 heavy (non-hydrogen) atoms. The molecule has 0 fully saturated rings. The van der Waals surface area contributed by atoms with Crippen LogP contribution in [0.5, 0.6) is 0 Å². The predicted octanol–water partition coefficient (Wildman–Crippen LogP) is 0.0696. The summed E-state index contributed by atoms with van der Waals surface area (Å²) in [5.74, 6) is -0.00920. The number of aryl methyl sites for hydroxylation is 1. The van der Waals surface area contributed by atoms with E-state index in [4.69, 9.17) is 5.73 Å². The number of rotatable bonds is 2. The second kappa shape index (κ2) is 3.49. The number of aromatic nitrogens is 4. The average Bonchev–Trinajstić information content (AvgIpc) is 2.65. The van der Waals surface area contributed by atoms with E-state index >= 15 is 0 Å². The van der Waals surface area contributed by atoms with Crippen LogP contribution in [0.15, 0.2) is 24.7 Å². The Balaban J connectivity index is 2.54. The molecule has 0 saturated carbocycles. The number of nitrogens with zero attached hydrogens (tertiary/aromatic N) is 4. The third-order valence-electron chi connectivity index (χ3n) is 1.90. The number of hydrogen-bond acceptors (Lipinski definition) is 4. The standard InChI is InChI=1S/C9H9N5O/c1-6-4-8(12-5-11-6)14-7(9(10)15)2-3-13-14/h2-5H,1H3,(H2,10,15). The van der Waals surface area contributed by atoms with Gasteiger partial charge >= 0.3 is 0 Å². The minimum atomic E-state index is -0.538. The van der Waals surface area contributed by atoms with Crippen LogP contribution in [0.4, 0.5) is 0 Å². The molecule has 2 heterocycles. The van der Waals surface area contributed by atoms with Crippen molar-refractivity contribution in [3.8, 4) is 5.82 Å². The van der Waals surface area contributed by atoms with Gasteiger partial charge in [0.1, 0.15) is 12.0 Å². The summed E-state index contributed by atoms with van der Waals surface area (Å²) in [4.78, 5) is 19.0. The van der Waals surface area contributed by atoms with Gasteiger partial charge in [0, 0.05) is 11.8 Å². The minimum Gasteiger partial charge on any atom is -0.364 e. The van der Waals surface area contributed by atoms with Crippen LogP contribution in [0.25, 0.3) is 5.82 Å². The molecule has 0 bridgehead atoms. The first-order valence-electron chi connectivity index (χ1n) is 4.31. The number of hydrogen-bond donors (Lipinski definition) is 1. The molecule has 2 rings (SSSR count). The third-order valence-corrected chi connectivity index (χ3v) is 1.90. The average molecular weight is 203 g/mol. The Kier molecular flexibility index (Phi) is 2.17. The van der Waals surface area contributed by atoms with Crippen LogP contribution < -0.4 is 5.73 Å². The van der Waals surface area contributed by atoms with E-state index in [1.54, 1.807) is 12.1 Å². The Labute approximate surface area is 85.8 Å². The smallest absolute Gasteiger partial charge is 0.267 e. The zero-order valence-corrected chi connectivity index (χ0v) is 8.08. The van der Waals surface area contributed by atoms with Gasteiger partial charge in [0.2, 0.25) is 0 Å². The summed E-state index contributed by atoms with van der Waals surface area (Å²) in [7, 11) is 0. The van der Waals surface area contributed by atoms with E-state index < -0.39 is 5.91 Å². The Morgan fingerprint density at radius 1 is 1.47 bits per heavy atom. The van der Waals surface area contributed by atoms with Gasteiger partial charge < -0.3 is 5.73 Å². The van der Waals surface area contributed by atoms with Crippen molar-refractivity contribution in [1.29, 1.82) is 0 Å². The second-order valence-electron chi connectivity index (χ2n) is 3.01. The van der Waals surface area contributed by atoms with Crippen molar-refractivity contribution in [1.82, 2.24) is 19.7 Å². The Morgan fingerprint density at radius 2 is 2.27 bits per heavy atom. The van der Waals surface area contributed by atoms with E-state index in [2.05, 4.69) is 15.1 Å². The van der Waals surface area contributed by atoms with Gasteiger partial charge in [-0.25, -0.2) is 14.6 Å². The molecule has 2 aromatic heterocycles. The molecule has 76 valence electrons. The molecule has 6 heteroatoms. The number of carbonyl (C=O) groups excluding carboxylic acids is 1. The minimum absolute atomic E-state index is 0.299. The maximum Gasteiger partial charge on any atom is 0.267 e. The molecular weight excluding hydrogens is 194 g/mol. The monoisotopic (exact) mass is 203 g/mol. The van der Waals surface area contributed by atoms with Crippen molar-refractivity contribution in [3.63, 3.8) is 0 Å². The van der Waals surface area contributed by atoms with Crippen molar-refractivity contribution in [3.05, 3.63) is 36.0 Å². The molecular formula is C9H9N5O. The van der Waals surface area contributed by atoms with Gasteiger partial charge in [0.25, 0.3) is 5.91 Å². The van der Waals surface area contributed by atoms with Crippen LogP contribution >= 0.6 is 0 Å². The van der Waals surface area contributed by atoms with E-state index in [1.165, 1.54) is 17.2 Å². The topological polar surface area (TPSA) is 86.7 Å². The number of carbonyl (C=O) groups is 1.